The molecule has 1 aromatic rings. The Morgan fingerprint density at radius 1 is 1.25 bits per heavy atom. The highest BCUT2D eigenvalue weighted by molar-refractivity contribution is 5.20. The molecule has 0 unspecified atom stereocenters. The van der Waals surface area contributed by atoms with Crippen LogP contribution in [-0.2, 0) is 0 Å². The van der Waals surface area contributed by atoms with Gasteiger partial charge in [-0.3, -0.25) is 0 Å². The van der Waals surface area contributed by atoms with Gasteiger partial charge in [0.05, 0.1) is 6.10 Å². The Bertz CT molecular complexity index is 367. The molecule has 0 aromatic heterocycles. The third-order valence-corrected chi connectivity index (χ3v) is 2.20. The van der Waals surface area contributed by atoms with Crippen LogP contribution in [0.2, 0.25) is 0 Å². The Balaban J connectivity index is 2.34. The number of hydrogen-bond donors (Lipinski definition) is 1. The van der Waals surface area contributed by atoms with Crippen molar-refractivity contribution in [2.24, 2.45) is 0 Å². The van der Waals surface area contributed by atoms with E-state index in [1.807, 2.05) is 49.4 Å². The molecule has 84 valence electrons. The Labute approximate surface area is 97.8 Å². The Kier molecular flexibility index (Phi) is 6.06. The van der Waals surface area contributed by atoms with E-state index >= 15 is 0 Å². The second-order valence-electron chi connectivity index (χ2n) is 3.53. The van der Waals surface area contributed by atoms with Crippen molar-refractivity contribution < 1.29 is 5.11 Å². The van der Waals surface area contributed by atoms with Crippen LogP contribution < -0.4 is 0 Å². The van der Waals surface area contributed by atoms with Crippen LogP contribution >= 0.6 is 0 Å². The first kappa shape index (κ1) is 12.5. The van der Waals surface area contributed by atoms with Gasteiger partial charge < -0.3 is 5.11 Å². The minimum Gasteiger partial charge on any atom is -0.384 e. The average molecular weight is 214 g/mol. The summed E-state index contributed by atoms with van der Waals surface area (Å²) >= 11 is 0. The van der Waals surface area contributed by atoms with Gasteiger partial charge in [-0.15, -0.1) is 11.8 Å². The Morgan fingerprint density at radius 3 is 2.69 bits per heavy atom. The first-order chi connectivity index (χ1) is 7.84. The van der Waals surface area contributed by atoms with Crippen molar-refractivity contribution in [3.8, 4) is 11.8 Å². The predicted octanol–water partition coefficient (Wildman–Crippen LogP) is 3.47. The van der Waals surface area contributed by atoms with E-state index in [9.17, 15) is 5.11 Å². The van der Waals surface area contributed by atoms with Gasteiger partial charge in [-0.25, -0.2) is 0 Å². The minimum absolute atomic E-state index is 0.500. The van der Waals surface area contributed by atoms with Crippen LogP contribution in [0.15, 0.2) is 42.5 Å². The van der Waals surface area contributed by atoms with E-state index in [2.05, 4.69) is 11.8 Å². The molecule has 0 fully saturated rings. The lowest BCUT2D eigenvalue weighted by Gasteiger charge is -2.04. The zero-order chi connectivity index (χ0) is 11.6. The largest absolute Gasteiger partial charge is 0.384 e. The maximum Gasteiger partial charge on any atom is 0.0971 e. The fourth-order valence-corrected chi connectivity index (χ4v) is 1.36. The maximum atomic E-state index is 9.80. The van der Waals surface area contributed by atoms with Crippen LogP contribution in [0.5, 0.6) is 0 Å². The highest BCUT2D eigenvalue weighted by Gasteiger charge is 1.99. The van der Waals surface area contributed by atoms with Gasteiger partial charge in [0.1, 0.15) is 0 Å². The van der Waals surface area contributed by atoms with Crippen molar-refractivity contribution in [1.29, 1.82) is 0 Å². The molecular formula is C15H18O. The molecule has 1 heteroatoms. The van der Waals surface area contributed by atoms with Crippen LogP contribution in [0.25, 0.3) is 0 Å². The third-order valence-electron chi connectivity index (χ3n) is 2.20. The van der Waals surface area contributed by atoms with Gasteiger partial charge in [0.15, 0.2) is 0 Å². The lowest BCUT2D eigenvalue weighted by atomic mass is 10.1. The molecule has 0 aliphatic carbocycles. The van der Waals surface area contributed by atoms with Crippen LogP contribution in [0.4, 0.5) is 0 Å². The number of rotatable bonds is 4. The SMILES string of the molecule is CCC#CCC/C=C/[C@@H](O)c1ccccc1. The van der Waals surface area contributed by atoms with Crippen molar-refractivity contribution in [3.05, 3.63) is 48.0 Å². The molecule has 0 amide bonds. The van der Waals surface area contributed by atoms with E-state index in [0.717, 1.165) is 24.8 Å². The summed E-state index contributed by atoms with van der Waals surface area (Å²) < 4.78 is 0. The zero-order valence-corrected chi connectivity index (χ0v) is 9.69. The number of benzene rings is 1. The van der Waals surface area contributed by atoms with E-state index in [1.54, 1.807) is 0 Å². The van der Waals surface area contributed by atoms with Crippen molar-refractivity contribution in [3.63, 3.8) is 0 Å². The standard InChI is InChI=1S/C15H18O/c1-2-3-4-5-6-10-13-15(16)14-11-8-7-9-12-14/h7-13,15-16H,2,5-6H2,1H3/b13-10+/t15-/m1/s1. The van der Waals surface area contributed by atoms with Gasteiger partial charge in [0.25, 0.3) is 0 Å². The molecule has 16 heavy (non-hydrogen) atoms. The summed E-state index contributed by atoms with van der Waals surface area (Å²) in [5.41, 5.74) is 0.929. The molecule has 1 rings (SSSR count). The molecule has 0 saturated heterocycles. The summed E-state index contributed by atoms with van der Waals surface area (Å²) in [6.07, 6.45) is 5.99. The molecule has 0 saturated carbocycles. The molecule has 0 aliphatic heterocycles. The van der Waals surface area contributed by atoms with Gasteiger partial charge in [-0.2, -0.15) is 0 Å². The van der Waals surface area contributed by atoms with E-state index in [1.165, 1.54) is 0 Å². The fraction of sp³-hybridized carbons (Fsp3) is 0.333. The zero-order valence-electron chi connectivity index (χ0n) is 9.69. The smallest absolute Gasteiger partial charge is 0.0971 e. The second kappa shape index (κ2) is 7.73. The van der Waals surface area contributed by atoms with Gasteiger partial charge in [-0.05, 0) is 12.0 Å². The molecule has 1 atom stereocenters. The van der Waals surface area contributed by atoms with E-state index in [4.69, 9.17) is 0 Å². The monoisotopic (exact) mass is 214 g/mol. The van der Waals surface area contributed by atoms with Crippen molar-refractivity contribution in [2.45, 2.75) is 32.3 Å². The molecular weight excluding hydrogens is 196 g/mol. The van der Waals surface area contributed by atoms with Crippen molar-refractivity contribution in [1.82, 2.24) is 0 Å². The highest BCUT2D eigenvalue weighted by Crippen LogP contribution is 2.13. The summed E-state index contributed by atoms with van der Waals surface area (Å²) in [5, 5.41) is 9.80. The van der Waals surface area contributed by atoms with Gasteiger partial charge in [0, 0.05) is 12.8 Å². The van der Waals surface area contributed by atoms with E-state index in [-0.39, 0.29) is 0 Å². The topological polar surface area (TPSA) is 20.2 Å². The number of hydrogen-bond acceptors (Lipinski definition) is 1. The lowest BCUT2D eigenvalue weighted by molar-refractivity contribution is 0.228. The summed E-state index contributed by atoms with van der Waals surface area (Å²) in [6.45, 7) is 2.04. The Morgan fingerprint density at radius 2 is 2.00 bits per heavy atom. The third kappa shape index (κ3) is 4.82. The highest BCUT2D eigenvalue weighted by atomic mass is 16.3. The van der Waals surface area contributed by atoms with Crippen molar-refractivity contribution in [2.75, 3.05) is 0 Å². The molecule has 0 radical (unpaired) electrons. The quantitative estimate of drug-likeness (QED) is 0.462. The molecule has 0 spiro atoms. The van der Waals surface area contributed by atoms with Gasteiger partial charge >= 0.3 is 0 Å². The predicted molar refractivity (Wildman–Crippen MR) is 67.8 cm³/mol. The number of allylic oxidation sites excluding steroid dienone is 1. The maximum absolute atomic E-state index is 9.80. The summed E-state index contributed by atoms with van der Waals surface area (Å²) in [7, 11) is 0. The average Bonchev–Trinajstić information content (AvgIpc) is 2.34. The first-order valence-corrected chi connectivity index (χ1v) is 5.70. The molecule has 1 nitrogen and oxygen atoms in total. The van der Waals surface area contributed by atoms with Crippen molar-refractivity contribution >= 4 is 0 Å². The second-order valence-corrected chi connectivity index (χ2v) is 3.53. The van der Waals surface area contributed by atoms with Crippen LogP contribution in [0, 0.1) is 11.8 Å². The Hall–Kier alpha value is -1.52. The number of unbranched alkanes of at least 4 members (excludes halogenated alkanes) is 1. The molecule has 0 bridgehead atoms. The molecule has 1 aromatic carbocycles. The summed E-state index contributed by atoms with van der Waals surface area (Å²) in [5.74, 6) is 6.09. The fourth-order valence-electron chi connectivity index (χ4n) is 1.36. The number of aliphatic hydroxyl groups is 1. The lowest BCUT2D eigenvalue weighted by Crippen LogP contribution is -1.91. The van der Waals surface area contributed by atoms with Gasteiger partial charge in [-0.1, -0.05) is 49.4 Å². The first-order valence-electron chi connectivity index (χ1n) is 5.70. The van der Waals surface area contributed by atoms with Gasteiger partial charge in [0.2, 0.25) is 0 Å². The van der Waals surface area contributed by atoms with E-state index in [0.29, 0.717) is 0 Å². The molecule has 0 heterocycles. The minimum atomic E-state index is -0.500. The van der Waals surface area contributed by atoms with Crippen LogP contribution in [-0.4, -0.2) is 5.11 Å². The number of aliphatic hydroxyl groups excluding tert-OH is 1. The normalized spacial score (nSPS) is 12.1. The summed E-state index contributed by atoms with van der Waals surface area (Å²) in [4.78, 5) is 0. The van der Waals surface area contributed by atoms with Crippen LogP contribution in [0.3, 0.4) is 0 Å². The molecule has 0 aliphatic rings. The van der Waals surface area contributed by atoms with Crippen LogP contribution in [0.1, 0.15) is 37.9 Å². The summed E-state index contributed by atoms with van der Waals surface area (Å²) in [6, 6.07) is 9.65. The molecule has 1 N–H and O–H groups in total. The van der Waals surface area contributed by atoms with E-state index < -0.39 is 6.10 Å².